The van der Waals surface area contributed by atoms with Gasteiger partial charge in [-0.25, -0.2) is 0 Å². The van der Waals surface area contributed by atoms with Gasteiger partial charge in [-0.3, -0.25) is 0 Å². The summed E-state index contributed by atoms with van der Waals surface area (Å²) in [5.41, 5.74) is 1.35. The molecule has 0 fully saturated rings. The van der Waals surface area contributed by atoms with Crippen LogP contribution in [-0.4, -0.2) is 11.7 Å². The van der Waals surface area contributed by atoms with Crippen molar-refractivity contribution in [2.75, 3.05) is 0 Å². The molecule has 0 amide bonds. The molecule has 0 spiro atoms. The fourth-order valence-electron chi connectivity index (χ4n) is 1.70. The van der Waals surface area contributed by atoms with Crippen molar-refractivity contribution in [2.45, 2.75) is 19.1 Å². The van der Waals surface area contributed by atoms with Gasteiger partial charge in [-0.05, 0) is 28.5 Å². The van der Waals surface area contributed by atoms with E-state index in [9.17, 15) is 13.9 Å². The van der Waals surface area contributed by atoms with E-state index in [4.69, 9.17) is 0 Å². The van der Waals surface area contributed by atoms with Gasteiger partial charge in [-0.1, -0.05) is 18.2 Å². The summed E-state index contributed by atoms with van der Waals surface area (Å²) in [6, 6.07) is 8.20. The number of hydrogen-bond donors (Lipinski definition) is 1. The average molecular weight is 270 g/mol. The number of hydrogen-bond acceptors (Lipinski definition) is 3. The lowest BCUT2D eigenvalue weighted by atomic mass is 10.0. The molecule has 0 aliphatic rings. The Kier molecular flexibility index (Phi) is 4.28. The van der Waals surface area contributed by atoms with E-state index in [2.05, 4.69) is 4.74 Å². The molecule has 0 bridgehead atoms. The number of para-hydroxylation sites is 1. The van der Waals surface area contributed by atoms with Crippen molar-refractivity contribution in [1.82, 2.24) is 0 Å². The minimum Gasteiger partial charge on any atom is -0.434 e. The Morgan fingerprint density at radius 3 is 2.67 bits per heavy atom. The Hall–Kier alpha value is -1.46. The lowest BCUT2D eigenvalue weighted by molar-refractivity contribution is -0.0515. The van der Waals surface area contributed by atoms with Gasteiger partial charge in [0.25, 0.3) is 0 Å². The van der Waals surface area contributed by atoms with Crippen LogP contribution in [-0.2, 0) is 6.42 Å². The molecule has 0 aliphatic carbocycles. The smallest absolute Gasteiger partial charge is 0.387 e. The molecule has 5 heteroatoms. The van der Waals surface area contributed by atoms with Gasteiger partial charge in [-0.15, -0.1) is 0 Å². The molecule has 18 heavy (non-hydrogen) atoms. The third kappa shape index (κ3) is 3.27. The van der Waals surface area contributed by atoms with Gasteiger partial charge in [0.05, 0.1) is 6.10 Å². The molecule has 0 saturated heterocycles. The molecular formula is C13H12F2O2S. The lowest BCUT2D eigenvalue weighted by Gasteiger charge is -2.15. The highest BCUT2D eigenvalue weighted by atomic mass is 32.1. The highest BCUT2D eigenvalue weighted by Gasteiger charge is 2.16. The van der Waals surface area contributed by atoms with Gasteiger partial charge in [0, 0.05) is 12.0 Å². The Morgan fingerprint density at radius 2 is 2.00 bits per heavy atom. The van der Waals surface area contributed by atoms with Crippen LogP contribution in [0.1, 0.15) is 17.2 Å². The largest absolute Gasteiger partial charge is 0.434 e. The highest BCUT2D eigenvalue weighted by molar-refractivity contribution is 7.07. The fourth-order valence-corrected chi connectivity index (χ4v) is 2.38. The molecule has 2 rings (SSSR count). The van der Waals surface area contributed by atoms with Crippen molar-refractivity contribution in [3.63, 3.8) is 0 Å². The van der Waals surface area contributed by atoms with E-state index < -0.39 is 12.7 Å². The molecule has 2 aromatic rings. The summed E-state index contributed by atoms with van der Waals surface area (Å²) >= 11 is 1.53. The van der Waals surface area contributed by atoms with E-state index >= 15 is 0 Å². The van der Waals surface area contributed by atoms with Crippen LogP contribution < -0.4 is 4.74 Å². The van der Waals surface area contributed by atoms with Crippen LogP contribution in [0.25, 0.3) is 0 Å². The van der Waals surface area contributed by atoms with Gasteiger partial charge >= 0.3 is 6.61 Å². The zero-order chi connectivity index (χ0) is 13.0. The molecule has 1 atom stereocenters. The first-order chi connectivity index (χ1) is 8.66. The molecule has 1 aromatic carbocycles. The molecular weight excluding hydrogens is 258 g/mol. The van der Waals surface area contributed by atoms with Gasteiger partial charge in [0.15, 0.2) is 0 Å². The summed E-state index contributed by atoms with van der Waals surface area (Å²) in [5, 5.41) is 13.9. The first kappa shape index (κ1) is 13.0. The number of aliphatic hydroxyl groups is 1. The van der Waals surface area contributed by atoms with Crippen LogP contribution in [0.15, 0.2) is 41.1 Å². The second kappa shape index (κ2) is 5.93. The standard InChI is InChI=1S/C13H12F2O2S/c14-13(15)17-12-4-2-1-3-10(12)11(16)7-9-5-6-18-8-9/h1-6,8,11,13,16H,7H2. The predicted octanol–water partition coefficient (Wildman–Crippen LogP) is 3.63. The van der Waals surface area contributed by atoms with E-state index in [0.717, 1.165) is 5.56 Å². The van der Waals surface area contributed by atoms with Gasteiger partial charge in [0.2, 0.25) is 0 Å². The molecule has 1 aromatic heterocycles. The maximum atomic E-state index is 12.2. The Bertz CT molecular complexity index is 485. The summed E-state index contributed by atoms with van der Waals surface area (Å²) in [5.74, 6) is 0.0234. The third-order valence-electron chi connectivity index (χ3n) is 2.50. The second-order valence-corrected chi connectivity index (χ2v) is 4.55. The lowest BCUT2D eigenvalue weighted by Crippen LogP contribution is -2.08. The maximum Gasteiger partial charge on any atom is 0.387 e. The number of benzene rings is 1. The van der Waals surface area contributed by atoms with Crippen molar-refractivity contribution >= 4 is 11.3 Å². The topological polar surface area (TPSA) is 29.5 Å². The number of aliphatic hydroxyl groups excluding tert-OH is 1. The predicted molar refractivity (Wildman–Crippen MR) is 66.1 cm³/mol. The van der Waals surface area contributed by atoms with Crippen LogP contribution >= 0.6 is 11.3 Å². The van der Waals surface area contributed by atoms with Crippen LogP contribution in [0.3, 0.4) is 0 Å². The Balaban J connectivity index is 2.16. The molecule has 0 aliphatic heterocycles. The molecule has 0 radical (unpaired) electrons. The van der Waals surface area contributed by atoms with Crippen molar-refractivity contribution in [3.8, 4) is 5.75 Å². The van der Waals surface area contributed by atoms with E-state index in [-0.39, 0.29) is 5.75 Å². The molecule has 1 unspecified atom stereocenters. The molecule has 96 valence electrons. The van der Waals surface area contributed by atoms with E-state index in [1.165, 1.54) is 17.4 Å². The first-order valence-electron chi connectivity index (χ1n) is 5.39. The molecule has 1 heterocycles. The van der Waals surface area contributed by atoms with Crippen molar-refractivity contribution in [1.29, 1.82) is 0 Å². The number of ether oxygens (including phenoxy) is 1. The Morgan fingerprint density at radius 1 is 1.22 bits per heavy atom. The van der Waals surface area contributed by atoms with E-state index in [1.54, 1.807) is 18.2 Å². The summed E-state index contributed by atoms with van der Waals surface area (Å²) in [4.78, 5) is 0. The molecule has 2 nitrogen and oxygen atoms in total. The van der Waals surface area contributed by atoms with Gasteiger partial charge < -0.3 is 9.84 Å². The van der Waals surface area contributed by atoms with E-state index in [0.29, 0.717) is 12.0 Å². The minimum absolute atomic E-state index is 0.0234. The number of halogens is 2. The average Bonchev–Trinajstić information content (AvgIpc) is 2.81. The monoisotopic (exact) mass is 270 g/mol. The second-order valence-electron chi connectivity index (χ2n) is 3.77. The van der Waals surface area contributed by atoms with E-state index in [1.807, 2.05) is 16.8 Å². The quantitative estimate of drug-likeness (QED) is 0.899. The van der Waals surface area contributed by atoms with Crippen LogP contribution in [0.5, 0.6) is 5.75 Å². The first-order valence-corrected chi connectivity index (χ1v) is 6.34. The number of alkyl halides is 2. The third-order valence-corrected chi connectivity index (χ3v) is 3.24. The van der Waals surface area contributed by atoms with Crippen molar-refractivity contribution in [2.24, 2.45) is 0 Å². The van der Waals surface area contributed by atoms with Gasteiger partial charge in [0.1, 0.15) is 5.75 Å². The maximum absolute atomic E-state index is 12.2. The zero-order valence-corrected chi connectivity index (χ0v) is 10.2. The van der Waals surface area contributed by atoms with Gasteiger partial charge in [-0.2, -0.15) is 20.1 Å². The van der Waals surface area contributed by atoms with Crippen LogP contribution in [0.4, 0.5) is 8.78 Å². The zero-order valence-electron chi connectivity index (χ0n) is 9.42. The van der Waals surface area contributed by atoms with Crippen LogP contribution in [0, 0.1) is 0 Å². The number of rotatable bonds is 5. The molecule has 0 saturated carbocycles. The molecule has 1 N–H and O–H groups in total. The number of thiophene rings is 1. The minimum atomic E-state index is -2.89. The SMILES string of the molecule is OC(Cc1ccsc1)c1ccccc1OC(F)F. The van der Waals surface area contributed by atoms with Crippen molar-refractivity contribution in [3.05, 3.63) is 52.2 Å². The normalized spacial score (nSPS) is 12.7. The summed E-state index contributed by atoms with van der Waals surface area (Å²) in [7, 11) is 0. The Labute approximate surface area is 107 Å². The van der Waals surface area contributed by atoms with Crippen LogP contribution in [0.2, 0.25) is 0 Å². The summed E-state index contributed by atoms with van der Waals surface area (Å²) in [6.45, 7) is -2.89. The highest BCUT2D eigenvalue weighted by Crippen LogP contribution is 2.29. The summed E-state index contributed by atoms with van der Waals surface area (Å²) in [6.07, 6.45) is -0.470. The fraction of sp³-hybridized carbons (Fsp3) is 0.231. The summed E-state index contributed by atoms with van der Waals surface area (Å²) < 4.78 is 28.9. The van der Waals surface area contributed by atoms with Crippen molar-refractivity contribution < 1.29 is 18.6 Å².